The van der Waals surface area contributed by atoms with Crippen molar-refractivity contribution in [3.05, 3.63) is 59.0 Å². The van der Waals surface area contributed by atoms with Crippen LogP contribution >= 0.6 is 0 Å². The molecule has 0 saturated carbocycles. The minimum absolute atomic E-state index is 0.811. The van der Waals surface area contributed by atoms with E-state index >= 15 is 0 Å². The van der Waals surface area contributed by atoms with Crippen molar-refractivity contribution in [2.24, 2.45) is 0 Å². The maximum atomic E-state index is 5.65. The van der Waals surface area contributed by atoms with Crippen molar-refractivity contribution in [3.8, 4) is 0 Å². The number of furan rings is 1. The molecule has 0 saturated heterocycles. The maximum Gasteiger partial charge on any atom is 0.117 e. The number of hydrogen-bond acceptors (Lipinski definition) is 2. The molecule has 96 valence electrons. The normalized spacial score (nSPS) is 10.8. The summed E-state index contributed by atoms with van der Waals surface area (Å²) in [6.07, 6.45) is 2.03. The molecule has 1 aromatic carbocycles. The second-order valence-corrected chi connectivity index (χ2v) is 4.57. The van der Waals surface area contributed by atoms with E-state index in [1.165, 1.54) is 11.1 Å². The van der Waals surface area contributed by atoms with Crippen molar-refractivity contribution in [1.29, 1.82) is 0 Å². The fraction of sp³-hybridized carbons (Fsp3) is 0.375. The zero-order chi connectivity index (χ0) is 12.8. The molecule has 0 unspecified atom stereocenters. The molecule has 0 aliphatic heterocycles. The molecule has 0 bridgehead atoms. The van der Waals surface area contributed by atoms with Crippen LogP contribution < -0.4 is 5.32 Å². The molecule has 2 nitrogen and oxygen atoms in total. The molecule has 2 aromatic rings. The molecule has 0 radical (unpaired) electrons. The lowest BCUT2D eigenvalue weighted by molar-refractivity contribution is 0.451. The fourth-order valence-electron chi connectivity index (χ4n) is 2.03. The van der Waals surface area contributed by atoms with Gasteiger partial charge in [0.05, 0.1) is 6.54 Å². The van der Waals surface area contributed by atoms with Crippen LogP contribution in [0.1, 0.15) is 29.6 Å². The van der Waals surface area contributed by atoms with Gasteiger partial charge in [0.25, 0.3) is 0 Å². The van der Waals surface area contributed by atoms with Gasteiger partial charge in [-0.15, -0.1) is 0 Å². The molecule has 1 N–H and O–H groups in total. The van der Waals surface area contributed by atoms with Crippen LogP contribution in [-0.4, -0.2) is 6.54 Å². The highest BCUT2D eigenvalue weighted by atomic mass is 16.3. The standard InChI is InChI=1S/C16H21NO/c1-3-15-8-9-16(18-15)12-17-11-10-14-7-5-4-6-13(14)2/h4-9,17H,3,10-12H2,1-2H3. The van der Waals surface area contributed by atoms with E-state index in [1.54, 1.807) is 0 Å². The number of aryl methyl sites for hydroxylation is 2. The van der Waals surface area contributed by atoms with Crippen LogP contribution in [0.15, 0.2) is 40.8 Å². The molecule has 2 heteroatoms. The third-order valence-electron chi connectivity index (χ3n) is 3.20. The third kappa shape index (κ3) is 3.47. The van der Waals surface area contributed by atoms with Gasteiger partial charge in [0, 0.05) is 6.42 Å². The van der Waals surface area contributed by atoms with Crippen molar-refractivity contribution >= 4 is 0 Å². The Morgan fingerprint density at radius 2 is 1.83 bits per heavy atom. The van der Waals surface area contributed by atoms with Crippen molar-refractivity contribution in [2.45, 2.75) is 33.2 Å². The third-order valence-corrected chi connectivity index (χ3v) is 3.20. The monoisotopic (exact) mass is 243 g/mol. The molecule has 1 aromatic heterocycles. The Balaban J connectivity index is 1.74. The summed E-state index contributed by atoms with van der Waals surface area (Å²) in [5.41, 5.74) is 2.78. The van der Waals surface area contributed by atoms with Gasteiger partial charge in [-0.05, 0) is 43.1 Å². The summed E-state index contributed by atoms with van der Waals surface area (Å²) in [5, 5.41) is 3.42. The van der Waals surface area contributed by atoms with E-state index in [0.717, 1.165) is 37.5 Å². The molecule has 1 heterocycles. The lowest BCUT2D eigenvalue weighted by Crippen LogP contribution is -2.16. The molecule has 0 atom stereocenters. The molecular formula is C16H21NO. The van der Waals surface area contributed by atoms with Crippen molar-refractivity contribution in [2.75, 3.05) is 6.54 Å². The molecule has 0 amide bonds. The zero-order valence-electron chi connectivity index (χ0n) is 11.2. The molecule has 0 aliphatic rings. The van der Waals surface area contributed by atoms with Gasteiger partial charge >= 0.3 is 0 Å². The highest BCUT2D eigenvalue weighted by Gasteiger charge is 2.00. The minimum atomic E-state index is 0.811. The first-order valence-electron chi connectivity index (χ1n) is 6.62. The van der Waals surface area contributed by atoms with Crippen molar-refractivity contribution < 1.29 is 4.42 Å². The Hall–Kier alpha value is -1.54. The van der Waals surface area contributed by atoms with Crippen LogP contribution in [0.5, 0.6) is 0 Å². The zero-order valence-corrected chi connectivity index (χ0v) is 11.2. The molecule has 2 rings (SSSR count). The maximum absolute atomic E-state index is 5.65. The summed E-state index contributed by atoms with van der Waals surface area (Å²) in [7, 11) is 0. The average Bonchev–Trinajstić information content (AvgIpc) is 2.84. The van der Waals surface area contributed by atoms with Crippen molar-refractivity contribution in [3.63, 3.8) is 0 Å². The minimum Gasteiger partial charge on any atom is -0.465 e. The van der Waals surface area contributed by atoms with E-state index in [4.69, 9.17) is 4.42 Å². The van der Waals surface area contributed by atoms with Gasteiger partial charge in [0.2, 0.25) is 0 Å². The summed E-state index contributed by atoms with van der Waals surface area (Å²) in [6.45, 7) is 6.06. The Bertz CT molecular complexity index is 487. The van der Waals surface area contributed by atoms with E-state index < -0.39 is 0 Å². The lowest BCUT2D eigenvalue weighted by Gasteiger charge is -2.06. The number of hydrogen-bond donors (Lipinski definition) is 1. The van der Waals surface area contributed by atoms with E-state index in [9.17, 15) is 0 Å². The Morgan fingerprint density at radius 3 is 2.56 bits per heavy atom. The summed E-state index contributed by atoms with van der Waals surface area (Å²) in [4.78, 5) is 0. The second kappa shape index (κ2) is 6.41. The van der Waals surface area contributed by atoms with Gasteiger partial charge in [-0.3, -0.25) is 0 Å². The molecule has 18 heavy (non-hydrogen) atoms. The smallest absolute Gasteiger partial charge is 0.117 e. The van der Waals surface area contributed by atoms with Crippen LogP contribution in [0.2, 0.25) is 0 Å². The molecule has 0 fully saturated rings. The van der Waals surface area contributed by atoms with Gasteiger partial charge in [0.15, 0.2) is 0 Å². The summed E-state index contributed by atoms with van der Waals surface area (Å²) >= 11 is 0. The second-order valence-electron chi connectivity index (χ2n) is 4.57. The first-order valence-corrected chi connectivity index (χ1v) is 6.62. The predicted molar refractivity (Wildman–Crippen MR) is 74.7 cm³/mol. The van der Waals surface area contributed by atoms with E-state index in [0.29, 0.717) is 0 Å². The van der Waals surface area contributed by atoms with E-state index in [2.05, 4.69) is 55.6 Å². The topological polar surface area (TPSA) is 25.2 Å². The van der Waals surface area contributed by atoms with Crippen LogP contribution in [0.4, 0.5) is 0 Å². The molecule has 0 aliphatic carbocycles. The molecule has 0 spiro atoms. The Kier molecular flexibility index (Phi) is 4.59. The van der Waals surface area contributed by atoms with Gasteiger partial charge in [-0.2, -0.15) is 0 Å². The fourth-order valence-corrected chi connectivity index (χ4v) is 2.03. The van der Waals surface area contributed by atoms with Crippen LogP contribution in [0, 0.1) is 6.92 Å². The summed E-state index contributed by atoms with van der Waals surface area (Å²) in [6, 6.07) is 12.6. The van der Waals surface area contributed by atoms with E-state index in [-0.39, 0.29) is 0 Å². The number of benzene rings is 1. The van der Waals surface area contributed by atoms with Gasteiger partial charge in [-0.1, -0.05) is 31.2 Å². The first-order chi connectivity index (χ1) is 8.79. The van der Waals surface area contributed by atoms with Crippen LogP contribution in [0.25, 0.3) is 0 Å². The van der Waals surface area contributed by atoms with Crippen molar-refractivity contribution in [1.82, 2.24) is 5.32 Å². The Labute approximate surface area is 109 Å². The average molecular weight is 243 g/mol. The number of nitrogens with one attached hydrogen (secondary N) is 1. The summed E-state index contributed by atoms with van der Waals surface area (Å²) < 4.78 is 5.65. The van der Waals surface area contributed by atoms with Gasteiger partial charge in [-0.25, -0.2) is 0 Å². The number of rotatable bonds is 6. The van der Waals surface area contributed by atoms with E-state index in [1.807, 2.05) is 0 Å². The SMILES string of the molecule is CCc1ccc(CNCCc2ccccc2C)o1. The Morgan fingerprint density at radius 1 is 1.06 bits per heavy atom. The predicted octanol–water partition coefficient (Wildman–Crippen LogP) is 3.48. The quantitative estimate of drug-likeness (QED) is 0.786. The van der Waals surface area contributed by atoms with Gasteiger partial charge < -0.3 is 9.73 Å². The largest absolute Gasteiger partial charge is 0.465 e. The highest BCUT2D eigenvalue weighted by Crippen LogP contribution is 2.09. The van der Waals surface area contributed by atoms with Gasteiger partial charge in [0.1, 0.15) is 11.5 Å². The van der Waals surface area contributed by atoms with Crippen LogP contribution in [-0.2, 0) is 19.4 Å². The summed E-state index contributed by atoms with van der Waals surface area (Å²) in [5.74, 6) is 2.09. The first kappa shape index (κ1) is 12.9. The molecular weight excluding hydrogens is 222 g/mol. The highest BCUT2D eigenvalue weighted by molar-refractivity contribution is 5.25. The van der Waals surface area contributed by atoms with Crippen LogP contribution in [0.3, 0.4) is 0 Å². The lowest BCUT2D eigenvalue weighted by atomic mass is 10.1.